The average molecular weight is 439 g/mol. The van der Waals surface area contributed by atoms with Gasteiger partial charge in [0.15, 0.2) is 12.4 Å². The number of carbonyl (C=O) groups excluding carboxylic acids is 5. The van der Waals surface area contributed by atoms with Gasteiger partial charge in [-0.25, -0.2) is 0 Å². The van der Waals surface area contributed by atoms with Crippen LogP contribution in [0.2, 0.25) is 0 Å². The second-order valence-corrected chi connectivity index (χ2v) is 6.88. The molecular formula is C21H17N3O8. The molecule has 0 saturated heterocycles. The van der Waals surface area contributed by atoms with E-state index >= 15 is 0 Å². The van der Waals surface area contributed by atoms with Gasteiger partial charge in [-0.05, 0) is 13.0 Å². The second kappa shape index (κ2) is 9.16. The minimum absolute atomic E-state index is 0.175. The van der Waals surface area contributed by atoms with Crippen LogP contribution in [0, 0.1) is 17.0 Å². The number of hydrogen-bond donors (Lipinski definition) is 1. The van der Waals surface area contributed by atoms with E-state index in [2.05, 4.69) is 5.32 Å². The molecule has 0 radical (unpaired) electrons. The van der Waals surface area contributed by atoms with Gasteiger partial charge in [0.2, 0.25) is 5.91 Å². The van der Waals surface area contributed by atoms with Crippen molar-refractivity contribution in [3.63, 3.8) is 0 Å². The Morgan fingerprint density at radius 2 is 1.75 bits per heavy atom. The highest BCUT2D eigenvalue weighted by molar-refractivity contribution is 6.24. The lowest BCUT2D eigenvalue weighted by atomic mass is 10.1. The van der Waals surface area contributed by atoms with Gasteiger partial charge in [-0.3, -0.25) is 39.0 Å². The maximum Gasteiger partial charge on any atom is 0.325 e. The predicted molar refractivity (Wildman–Crippen MR) is 108 cm³/mol. The van der Waals surface area contributed by atoms with Crippen molar-refractivity contribution in [1.82, 2.24) is 10.2 Å². The quantitative estimate of drug-likeness (QED) is 0.210. The first-order chi connectivity index (χ1) is 15.2. The lowest BCUT2D eigenvalue weighted by Crippen LogP contribution is -2.42. The van der Waals surface area contributed by atoms with Crippen LogP contribution in [-0.4, -0.2) is 59.0 Å². The summed E-state index contributed by atoms with van der Waals surface area (Å²) < 4.78 is 4.82. The van der Waals surface area contributed by atoms with E-state index in [0.29, 0.717) is 10.5 Å². The molecule has 11 nitrogen and oxygen atoms in total. The summed E-state index contributed by atoms with van der Waals surface area (Å²) in [6.07, 6.45) is 0. The standard InChI is InChI=1S/C21H17N3O8/c1-12-5-7-13(8-6-12)16(25)11-32-18(27)9-22-17(26)10-23-20(28)14-3-2-4-15(24(30)31)19(14)21(23)29/h2-8H,9-11H2,1H3,(H,22,26). The number of nitrogens with zero attached hydrogens (tertiary/aromatic N) is 2. The van der Waals surface area contributed by atoms with Crippen LogP contribution in [0.25, 0.3) is 0 Å². The highest BCUT2D eigenvalue weighted by atomic mass is 16.6. The Balaban J connectivity index is 1.51. The van der Waals surface area contributed by atoms with Crippen LogP contribution in [0.3, 0.4) is 0 Å². The molecule has 0 bridgehead atoms. The summed E-state index contributed by atoms with van der Waals surface area (Å²) in [5.41, 5.74) is 0.238. The van der Waals surface area contributed by atoms with Gasteiger partial charge in [-0.15, -0.1) is 0 Å². The van der Waals surface area contributed by atoms with E-state index < -0.39 is 59.8 Å². The number of hydrogen-bond acceptors (Lipinski definition) is 8. The van der Waals surface area contributed by atoms with Crippen molar-refractivity contribution in [3.8, 4) is 0 Å². The topological polar surface area (TPSA) is 153 Å². The fourth-order valence-corrected chi connectivity index (χ4v) is 3.00. The largest absolute Gasteiger partial charge is 0.456 e. The number of carbonyl (C=O) groups is 5. The molecule has 2 aromatic rings. The number of fused-ring (bicyclic) bond motifs is 1. The summed E-state index contributed by atoms with van der Waals surface area (Å²) in [5.74, 6) is -3.99. The number of benzene rings is 2. The normalized spacial score (nSPS) is 12.3. The number of nitrogens with one attached hydrogen (secondary N) is 1. The number of imide groups is 1. The van der Waals surface area contributed by atoms with Crippen LogP contribution in [0.15, 0.2) is 42.5 Å². The Kier molecular flexibility index (Phi) is 6.38. The first-order valence-corrected chi connectivity index (χ1v) is 9.35. The van der Waals surface area contributed by atoms with E-state index in [1.165, 1.54) is 12.1 Å². The first kappa shape index (κ1) is 22.3. The van der Waals surface area contributed by atoms with E-state index in [1.54, 1.807) is 24.3 Å². The van der Waals surface area contributed by atoms with Gasteiger partial charge in [0, 0.05) is 11.6 Å². The minimum atomic E-state index is -0.973. The van der Waals surface area contributed by atoms with Gasteiger partial charge in [0.25, 0.3) is 17.5 Å². The van der Waals surface area contributed by atoms with Crippen molar-refractivity contribution >= 4 is 35.2 Å². The third-order valence-electron chi connectivity index (χ3n) is 4.64. The Bertz CT molecular complexity index is 1140. The third-order valence-corrected chi connectivity index (χ3v) is 4.64. The maximum absolute atomic E-state index is 12.4. The fourth-order valence-electron chi connectivity index (χ4n) is 3.00. The van der Waals surface area contributed by atoms with Crippen molar-refractivity contribution in [2.75, 3.05) is 19.7 Å². The zero-order chi connectivity index (χ0) is 23.4. The molecule has 0 atom stereocenters. The smallest absolute Gasteiger partial charge is 0.325 e. The molecule has 1 aliphatic rings. The van der Waals surface area contributed by atoms with Crippen LogP contribution < -0.4 is 5.32 Å². The summed E-state index contributed by atoms with van der Waals surface area (Å²) in [6, 6.07) is 10.3. The predicted octanol–water partition coefficient (Wildman–Crippen LogP) is 1.04. The van der Waals surface area contributed by atoms with Gasteiger partial charge in [-0.2, -0.15) is 0 Å². The number of nitro groups is 1. The number of Topliss-reactive ketones (excluding diaryl/α,β-unsaturated/α-hetero) is 1. The molecule has 3 rings (SSSR count). The van der Waals surface area contributed by atoms with E-state index in [1.807, 2.05) is 6.92 Å². The minimum Gasteiger partial charge on any atom is -0.456 e. The number of amides is 3. The van der Waals surface area contributed by atoms with Gasteiger partial charge < -0.3 is 10.1 Å². The summed E-state index contributed by atoms with van der Waals surface area (Å²) >= 11 is 0. The second-order valence-electron chi connectivity index (χ2n) is 6.88. The average Bonchev–Trinajstić information content (AvgIpc) is 3.01. The molecule has 0 fully saturated rings. The number of esters is 1. The molecule has 3 amide bonds. The zero-order valence-electron chi connectivity index (χ0n) is 16.8. The lowest BCUT2D eigenvalue weighted by molar-refractivity contribution is -0.385. The molecule has 0 unspecified atom stereocenters. The number of ether oxygens (including phenoxy) is 1. The van der Waals surface area contributed by atoms with Crippen LogP contribution in [0.5, 0.6) is 0 Å². The van der Waals surface area contributed by atoms with Crippen molar-refractivity contribution in [1.29, 1.82) is 0 Å². The molecular weight excluding hydrogens is 422 g/mol. The monoisotopic (exact) mass is 439 g/mol. The Morgan fingerprint density at radius 1 is 1.06 bits per heavy atom. The molecule has 11 heteroatoms. The van der Waals surface area contributed by atoms with E-state index in [0.717, 1.165) is 11.6 Å². The fraction of sp³-hybridized carbons (Fsp3) is 0.190. The molecule has 1 heterocycles. The van der Waals surface area contributed by atoms with Crippen LogP contribution in [-0.2, 0) is 14.3 Å². The van der Waals surface area contributed by atoms with Crippen LogP contribution >= 0.6 is 0 Å². The zero-order valence-corrected chi connectivity index (χ0v) is 16.8. The van der Waals surface area contributed by atoms with Crippen molar-refractivity contribution < 1.29 is 33.6 Å². The Labute approximate surface area is 181 Å². The molecule has 0 saturated carbocycles. The number of aryl methyl sites for hydroxylation is 1. The van der Waals surface area contributed by atoms with Gasteiger partial charge in [0.05, 0.1) is 10.5 Å². The summed E-state index contributed by atoms with van der Waals surface area (Å²) in [6.45, 7) is 0.0163. The van der Waals surface area contributed by atoms with Crippen molar-refractivity contribution in [3.05, 3.63) is 74.8 Å². The molecule has 0 aliphatic carbocycles. The maximum atomic E-state index is 12.4. The molecule has 164 valence electrons. The van der Waals surface area contributed by atoms with E-state index in [9.17, 15) is 34.1 Å². The number of nitro benzene ring substituents is 1. The molecule has 0 aromatic heterocycles. The van der Waals surface area contributed by atoms with Crippen molar-refractivity contribution in [2.24, 2.45) is 0 Å². The summed E-state index contributed by atoms with van der Waals surface area (Å²) in [5, 5.41) is 13.3. The molecule has 0 spiro atoms. The van der Waals surface area contributed by atoms with Gasteiger partial charge in [-0.1, -0.05) is 35.9 Å². The molecule has 1 aliphatic heterocycles. The first-order valence-electron chi connectivity index (χ1n) is 9.35. The third kappa shape index (κ3) is 4.67. The SMILES string of the molecule is Cc1ccc(C(=O)COC(=O)CNC(=O)CN2C(=O)c3cccc([N+](=O)[O-])c3C2=O)cc1. The van der Waals surface area contributed by atoms with Crippen LogP contribution in [0.4, 0.5) is 5.69 Å². The van der Waals surface area contributed by atoms with E-state index in [4.69, 9.17) is 4.74 Å². The Hall–Kier alpha value is -4.41. The number of rotatable bonds is 8. The highest BCUT2D eigenvalue weighted by Crippen LogP contribution is 2.30. The summed E-state index contributed by atoms with van der Waals surface area (Å²) in [4.78, 5) is 71.5. The molecule has 2 aromatic carbocycles. The molecule has 32 heavy (non-hydrogen) atoms. The van der Waals surface area contributed by atoms with Gasteiger partial charge in [0.1, 0.15) is 18.7 Å². The van der Waals surface area contributed by atoms with E-state index in [-0.39, 0.29) is 11.1 Å². The van der Waals surface area contributed by atoms with Crippen molar-refractivity contribution in [2.45, 2.75) is 6.92 Å². The highest BCUT2D eigenvalue weighted by Gasteiger charge is 2.41. The summed E-state index contributed by atoms with van der Waals surface area (Å²) in [7, 11) is 0. The molecule has 1 N–H and O–H groups in total. The lowest BCUT2D eigenvalue weighted by Gasteiger charge is -2.13. The van der Waals surface area contributed by atoms with Gasteiger partial charge >= 0.3 is 5.97 Å². The number of ketones is 1. The van der Waals surface area contributed by atoms with Crippen LogP contribution in [0.1, 0.15) is 36.6 Å². The Morgan fingerprint density at radius 3 is 2.41 bits per heavy atom.